The number of amides is 1. The van der Waals surface area contributed by atoms with Gasteiger partial charge in [-0.1, -0.05) is 0 Å². The van der Waals surface area contributed by atoms with Gasteiger partial charge in [0, 0.05) is 23.3 Å². The molecule has 3 aromatic heterocycles. The number of furan rings is 1. The van der Waals surface area contributed by atoms with E-state index in [2.05, 4.69) is 20.1 Å². The summed E-state index contributed by atoms with van der Waals surface area (Å²) in [6.45, 7) is -0.320. The third-order valence-electron chi connectivity index (χ3n) is 4.04. The lowest BCUT2D eigenvalue weighted by molar-refractivity contribution is -0.117. The van der Waals surface area contributed by atoms with E-state index in [-0.39, 0.29) is 16.6 Å². The molecule has 0 radical (unpaired) electrons. The summed E-state index contributed by atoms with van der Waals surface area (Å²) in [7, 11) is -3.79. The minimum Gasteiger partial charge on any atom is -0.463 e. The standard InChI is InChI=1S/C19H15N5O5S2/c25-17(12-24-18(26)8-7-15(22-24)16-2-1-10-29-16)21-13-3-5-14(6-4-13)31(27,28)23-19-20-9-11-30-19/h1-11H,12H2,(H,20,23)(H,21,25). The van der Waals surface area contributed by atoms with Gasteiger partial charge in [0.25, 0.3) is 15.6 Å². The molecule has 0 bridgehead atoms. The van der Waals surface area contributed by atoms with Gasteiger partial charge >= 0.3 is 0 Å². The Morgan fingerprint density at radius 2 is 1.94 bits per heavy atom. The number of nitrogens with zero attached hydrogens (tertiary/aromatic N) is 3. The summed E-state index contributed by atoms with van der Waals surface area (Å²) in [6, 6.07) is 11.8. The number of benzene rings is 1. The highest BCUT2D eigenvalue weighted by Crippen LogP contribution is 2.19. The van der Waals surface area contributed by atoms with Crippen molar-refractivity contribution in [2.24, 2.45) is 0 Å². The van der Waals surface area contributed by atoms with Crippen molar-refractivity contribution in [2.75, 3.05) is 10.0 Å². The maximum absolute atomic E-state index is 12.4. The molecular weight excluding hydrogens is 442 g/mol. The average Bonchev–Trinajstić information content (AvgIpc) is 3.44. The molecule has 1 aromatic carbocycles. The average molecular weight is 457 g/mol. The van der Waals surface area contributed by atoms with Crippen LogP contribution in [0.4, 0.5) is 10.8 Å². The van der Waals surface area contributed by atoms with Crippen LogP contribution in [0, 0.1) is 0 Å². The molecule has 0 aliphatic carbocycles. The van der Waals surface area contributed by atoms with Crippen LogP contribution in [0.3, 0.4) is 0 Å². The molecule has 0 spiro atoms. The van der Waals surface area contributed by atoms with Gasteiger partial charge in [-0.2, -0.15) is 5.10 Å². The summed E-state index contributed by atoms with van der Waals surface area (Å²) >= 11 is 1.16. The van der Waals surface area contributed by atoms with E-state index in [1.165, 1.54) is 48.9 Å². The molecular formula is C19H15N5O5S2. The summed E-state index contributed by atoms with van der Waals surface area (Å²) in [5.41, 5.74) is 0.341. The number of sulfonamides is 1. The second-order valence-electron chi connectivity index (χ2n) is 6.21. The quantitative estimate of drug-likeness (QED) is 0.435. The molecule has 4 rings (SSSR count). The van der Waals surface area contributed by atoms with Gasteiger partial charge in [0.05, 0.1) is 11.2 Å². The van der Waals surface area contributed by atoms with Crippen molar-refractivity contribution < 1.29 is 17.6 Å². The van der Waals surface area contributed by atoms with Crippen molar-refractivity contribution in [2.45, 2.75) is 11.4 Å². The number of carbonyl (C=O) groups is 1. The minimum absolute atomic E-state index is 0.0183. The van der Waals surface area contributed by atoms with Crippen molar-refractivity contribution in [3.05, 3.63) is 76.7 Å². The molecule has 0 atom stereocenters. The summed E-state index contributed by atoms with van der Waals surface area (Å²) < 4.78 is 33.3. The van der Waals surface area contributed by atoms with E-state index in [0.29, 0.717) is 17.1 Å². The number of rotatable bonds is 7. The van der Waals surface area contributed by atoms with Crippen LogP contribution in [0.15, 0.2) is 80.5 Å². The Morgan fingerprint density at radius 1 is 1.13 bits per heavy atom. The third-order valence-corrected chi connectivity index (χ3v) is 6.21. The molecule has 3 heterocycles. The highest BCUT2D eigenvalue weighted by Gasteiger charge is 2.16. The lowest BCUT2D eigenvalue weighted by Crippen LogP contribution is -2.29. The Hall–Kier alpha value is -3.77. The van der Waals surface area contributed by atoms with Gasteiger partial charge in [0.1, 0.15) is 12.2 Å². The Bertz CT molecular complexity index is 1350. The third kappa shape index (κ3) is 4.87. The zero-order valence-electron chi connectivity index (χ0n) is 15.8. The molecule has 31 heavy (non-hydrogen) atoms. The number of hydrogen-bond donors (Lipinski definition) is 2. The van der Waals surface area contributed by atoms with Gasteiger partial charge < -0.3 is 9.73 Å². The van der Waals surface area contributed by atoms with Crippen LogP contribution in [0.2, 0.25) is 0 Å². The fraction of sp³-hybridized carbons (Fsp3) is 0.0526. The van der Waals surface area contributed by atoms with Crippen LogP contribution in [0.1, 0.15) is 0 Å². The van der Waals surface area contributed by atoms with Crippen molar-refractivity contribution in [3.8, 4) is 11.5 Å². The molecule has 0 aliphatic heterocycles. The van der Waals surface area contributed by atoms with Crippen molar-refractivity contribution in [1.29, 1.82) is 0 Å². The van der Waals surface area contributed by atoms with Gasteiger partial charge in [-0.3, -0.25) is 14.3 Å². The molecule has 0 saturated heterocycles. The fourth-order valence-electron chi connectivity index (χ4n) is 2.62. The van der Waals surface area contributed by atoms with Crippen LogP contribution in [0.25, 0.3) is 11.5 Å². The molecule has 12 heteroatoms. The first-order valence-corrected chi connectivity index (χ1v) is 11.2. The Balaban J connectivity index is 1.44. The maximum Gasteiger partial charge on any atom is 0.267 e. The molecule has 4 aromatic rings. The smallest absolute Gasteiger partial charge is 0.267 e. The Labute approximate surface area is 180 Å². The summed E-state index contributed by atoms with van der Waals surface area (Å²) in [4.78, 5) is 28.3. The van der Waals surface area contributed by atoms with E-state index < -0.39 is 21.5 Å². The topological polar surface area (TPSA) is 136 Å². The minimum atomic E-state index is -3.79. The van der Waals surface area contributed by atoms with E-state index in [1.54, 1.807) is 17.5 Å². The molecule has 158 valence electrons. The number of anilines is 2. The summed E-state index contributed by atoms with van der Waals surface area (Å²) in [5.74, 6) is -0.0278. The molecule has 0 unspecified atom stereocenters. The highest BCUT2D eigenvalue weighted by molar-refractivity contribution is 7.93. The molecule has 0 saturated carbocycles. The first-order valence-electron chi connectivity index (χ1n) is 8.85. The zero-order chi connectivity index (χ0) is 21.8. The monoisotopic (exact) mass is 457 g/mol. The lowest BCUT2D eigenvalue weighted by atomic mass is 10.3. The van der Waals surface area contributed by atoms with Crippen molar-refractivity contribution in [1.82, 2.24) is 14.8 Å². The molecule has 0 fully saturated rings. The number of hydrogen-bond acceptors (Lipinski definition) is 8. The zero-order valence-corrected chi connectivity index (χ0v) is 17.4. The van der Waals surface area contributed by atoms with Crippen LogP contribution in [-0.4, -0.2) is 29.1 Å². The van der Waals surface area contributed by atoms with Gasteiger partial charge in [0.15, 0.2) is 10.9 Å². The first kappa shape index (κ1) is 20.5. The maximum atomic E-state index is 12.4. The predicted molar refractivity (Wildman–Crippen MR) is 114 cm³/mol. The molecule has 0 aliphatic rings. The lowest BCUT2D eigenvalue weighted by Gasteiger charge is -2.09. The van der Waals surface area contributed by atoms with E-state index >= 15 is 0 Å². The highest BCUT2D eigenvalue weighted by atomic mass is 32.2. The van der Waals surface area contributed by atoms with Crippen LogP contribution in [0.5, 0.6) is 0 Å². The predicted octanol–water partition coefficient (Wildman–Crippen LogP) is 2.40. The number of aromatic nitrogens is 3. The van der Waals surface area contributed by atoms with Crippen molar-refractivity contribution in [3.63, 3.8) is 0 Å². The first-order chi connectivity index (χ1) is 14.9. The second kappa shape index (κ2) is 8.53. The number of thiazole rings is 1. The fourth-order valence-corrected chi connectivity index (χ4v) is 4.41. The van der Waals surface area contributed by atoms with Gasteiger partial charge in [0.2, 0.25) is 5.91 Å². The largest absolute Gasteiger partial charge is 0.463 e. The van der Waals surface area contributed by atoms with Crippen LogP contribution in [-0.2, 0) is 21.4 Å². The molecule has 2 N–H and O–H groups in total. The summed E-state index contributed by atoms with van der Waals surface area (Å²) in [6.07, 6.45) is 2.97. The van der Waals surface area contributed by atoms with Crippen LogP contribution >= 0.6 is 11.3 Å². The van der Waals surface area contributed by atoms with Crippen molar-refractivity contribution >= 4 is 38.1 Å². The van der Waals surface area contributed by atoms with Gasteiger partial charge in [-0.05, 0) is 42.5 Å². The second-order valence-corrected chi connectivity index (χ2v) is 8.78. The van der Waals surface area contributed by atoms with E-state index in [4.69, 9.17) is 4.42 Å². The van der Waals surface area contributed by atoms with Crippen LogP contribution < -0.4 is 15.6 Å². The van der Waals surface area contributed by atoms with Gasteiger partial charge in [-0.15, -0.1) is 11.3 Å². The Kier molecular flexibility index (Phi) is 5.64. The Morgan fingerprint density at radius 3 is 2.61 bits per heavy atom. The van der Waals surface area contributed by atoms with E-state index in [1.807, 2.05) is 0 Å². The number of carbonyl (C=O) groups excluding carboxylic acids is 1. The van der Waals surface area contributed by atoms with E-state index in [0.717, 1.165) is 16.0 Å². The normalized spacial score (nSPS) is 11.2. The van der Waals surface area contributed by atoms with Gasteiger partial charge in [-0.25, -0.2) is 18.1 Å². The number of nitrogens with one attached hydrogen (secondary N) is 2. The molecule has 1 amide bonds. The molecule has 10 nitrogen and oxygen atoms in total. The SMILES string of the molecule is O=C(Cn1nc(-c2ccco2)ccc1=O)Nc1ccc(S(=O)(=O)Nc2nccs2)cc1. The van der Waals surface area contributed by atoms with E-state index in [9.17, 15) is 18.0 Å². The summed E-state index contributed by atoms with van der Waals surface area (Å²) in [5, 5.41) is 8.65.